The van der Waals surface area contributed by atoms with Crippen LogP contribution >= 0.6 is 0 Å². The summed E-state index contributed by atoms with van der Waals surface area (Å²) >= 11 is 0. The Labute approximate surface area is 166 Å². The van der Waals surface area contributed by atoms with Gasteiger partial charge in [0.2, 0.25) is 10.0 Å². The second-order valence-electron chi connectivity index (χ2n) is 7.61. The highest BCUT2D eigenvalue weighted by Gasteiger charge is 2.27. The molecule has 0 spiro atoms. The van der Waals surface area contributed by atoms with Crippen molar-refractivity contribution in [2.24, 2.45) is 0 Å². The van der Waals surface area contributed by atoms with Crippen molar-refractivity contribution < 1.29 is 13.2 Å². The molecule has 1 aliphatic carbocycles. The second kappa shape index (κ2) is 8.05. The molecule has 1 atom stereocenters. The summed E-state index contributed by atoms with van der Waals surface area (Å²) < 4.78 is 27.4. The maximum atomic E-state index is 12.9. The number of piperidine rings is 1. The zero-order valence-electron chi connectivity index (χ0n) is 15.9. The standard InChI is InChI=1S/C22H26N2O3S/c25-22(23-21-13-7-9-17-8-2-3-12-20(17)21)18-10-6-11-19(16-18)28(26,27)24-14-4-1-5-15-24/h2-3,6,8,10-12,16,21H,1,4-5,7,9,13-15H2,(H,23,25)/t21-/m0/s1. The monoisotopic (exact) mass is 398 g/mol. The number of benzene rings is 2. The minimum absolute atomic E-state index is 0.0280. The molecule has 2 aromatic carbocycles. The molecular weight excluding hydrogens is 372 g/mol. The van der Waals surface area contributed by atoms with Gasteiger partial charge in [-0.3, -0.25) is 4.79 Å². The van der Waals surface area contributed by atoms with Crippen LogP contribution in [0.4, 0.5) is 0 Å². The Morgan fingerprint density at radius 1 is 0.964 bits per heavy atom. The first-order valence-corrected chi connectivity index (χ1v) is 11.5. The number of carbonyl (C=O) groups excluding carboxylic acids is 1. The molecule has 6 heteroatoms. The van der Waals surface area contributed by atoms with Crippen LogP contribution in [0.15, 0.2) is 53.4 Å². The normalized spacial score (nSPS) is 20.4. The average molecular weight is 399 g/mol. The highest BCUT2D eigenvalue weighted by atomic mass is 32.2. The van der Waals surface area contributed by atoms with Crippen LogP contribution in [0.3, 0.4) is 0 Å². The Morgan fingerprint density at radius 3 is 2.57 bits per heavy atom. The lowest BCUT2D eigenvalue weighted by Gasteiger charge is -2.27. The highest BCUT2D eigenvalue weighted by molar-refractivity contribution is 7.89. The number of sulfonamides is 1. The summed E-state index contributed by atoms with van der Waals surface area (Å²) in [6, 6.07) is 14.6. The molecule has 0 bridgehead atoms. The predicted octanol–water partition coefficient (Wildman–Crippen LogP) is 3.67. The van der Waals surface area contributed by atoms with Crippen LogP contribution in [0.2, 0.25) is 0 Å². The molecule has 4 rings (SSSR count). The number of hydrogen-bond donors (Lipinski definition) is 1. The average Bonchev–Trinajstić information content (AvgIpc) is 2.75. The van der Waals surface area contributed by atoms with Gasteiger partial charge in [0, 0.05) is 18.7 Å². The smallest absolute Gasteiger partial charge is 0.251 e. The maximum Gasteiger partial charge on any atom is 0.251 e. The van der Waals surface area contributed by atoms with Crippen molar-refractivity contribution in [1.29, 1.82) is 0 Å². The molecule has 2 aliphatic rings. The molecule has 1 saturated heterocycles. The molecule has 1 amide bonds. The molecule has 1 N–H and O–H groups in total. The maximum absolute atomic E-state index is 12.9. The van der Waals surface area contributed by atoms with E-state index in [4.69, 9.17) is 0 Å². The minimum Gasteiger partial charge on any atom is -0.345 e. The Bertz CT molecular complexity index is 965. The van der Waals surface area contributed by atoms with Crippen molar-refractivity contribution in [2.75, 3.05) is 13.1 Å². The van der Waals surface area contributed by atoms with Gasteiger partial charge in [-0.1, -0.05) is 36.8 Å². The molecule has 0 unspecified atom stereocenters. The van der Waals surface area contributed by atoms with E-state index in [0.717, 1.165) is 38.5 Å². The van der Waals surface area contributed by atoms with Crippen LogP contribution in [-0.4, -0.2) is 31.7 Å². The molecule has 28 heavy (non-hydrogen) atoms. The topological polar surface area (TPSA) is 66.5 Å². The summed E-state index contributed by atoms with van der Waals surface area (Å²) in [6.45, 7) is 1.11. The summed E-state index contributed by atoms with van der Waals surface area (Å²) in [6.07, 6.45) is 5.81. The molecule has 1 fully saturated rings. The number of rotatable bonds is 4. The Balaban J connectivity index is 1.54. The SMILES string of the molecule is O=C(N[C@H]1CCCc2ccccc21)c1cccc(S(=O)(=O)N2CCCCC2)c1. The van der Waals surface area contributed by atoms with Crippen molar-refractivity contribution in [3.8, 4) is 0 Å². The first-order chi connectivity index (χ1) is 13.6. The number of fused-ring (bicyclic) bond motifs is 1. The first-order valence-electron chi connectivity index (χ1n) is 10.0. The van der Waals surface area contributed by atoms with Gasteiger partial charge in [0.25, 0.3) is 5.91 Å². The van der Waals surface area contributed by atoms with Crippen LogP contribution in [0, 0.1) is 0 Å². The molecule has 2 aromatic rings. The van der Waals surface area contributed by atoms with E-state index >= 15 is 0 Å². The van der Waals surface area contributed by atoms with E-state index in [1.165, 1.54) is 21.5 Å². The van der Waals surface area contributed by atoms with Gasteiger partial charge in [0.15, 0.2) is 0 Å². The molecular formula is C22H26N2O3S. The number of carbonyl (C=O) groups is 1. The quantitative estimate of drug-likeness (QED) is 0.855. The molecule has 148 valence electrons. The number of nitrogens with one attached hydrogen (secondary N) is 1. The fraction of sp³-hybridized carbons (Fsp3) is 0.409. The minimum atomic E-state index is -3.55. The third-order valence-electron chi connectivity index (χ3n) is 5.72. The zero-order chi connectivity index (χ0) is 19.6. The predicted molar refractivity (Wildman–Crippen MR) is 109 cm³/mol. The lowest BCUT2D eigenvalue weighted by Crippen LogP contribution is -2.36. The molecule has 0 saturated carbocycles. The third-order valence-corrected chi connectivity index (χ3v) is 7.62. The lowest BCUT2D eigenvalue weighted by atomic mass is 9.87. The molecule has 0 radical (unpaired) electrons. The van der Waals surface area contributed by atoms with E-state index < -0.39 is 10.0 Å². The van der Waals surface area contributed by atoms with Gasteiger partial charge in [0.1, 0.15) is 0 Å². The Hall–Kier alpha value is -2.18. The fourth-order valence-electron chi connectivity index (χ4n) is 4.20. The lowest BCUT2D eigenvalue weighted by molar-refractivity contribution is 0.0932. The van der Waals surface area contributed by atoms with Gasteiger partial charge in [-0.15, -0.1) is 0 Å². The van der Waals surface area contributed by atoms with E-state index in [9.17, 15) is 13.2 Å². The van der Waals surface area contributed by atoms with Gasteiger partial charge in [-0.05, 0) is 61.4 Å². The van der Waals surface area contributed by atoms with Gasteiger partial charge in [-0.25, -0.2) is 8.42 Å². The number of nitrogens with zero attached hydrogens (tertiary/aromatic N) is 1. The van der Waals surface area contributed by atoms with E-state index in [-0.39, 0.29) is 16.8 Å². The third kappa shape index (κ3) is 3.84. The van der Waals surface area contributed by atoms with Crippen LogP contribution in [0.1, 0.15) is 59.6 Å². The Kier molecular flexibility index (Phi) is 5.51. The molecule has 5 nitrogen and oxygen atoms in total. The molecule has 1 aliphatic heterocycles. The summed E-state index contributed by atoms with van der Waals surface area (Å²) in [4.78, 5) is 13.1. The summed E-state index contributed by atoms with van der Waals surface area (Å²) in [5, 5.41) is 3.10. The van der Waals surface area contributed by atoms with Crippen LogP contribution in [-0.2, 0) is 16.4 Å². The molecule has 1 heterocycles. The number of hydrogen-bond acceptors (Lipinski definition) is 3. The summed E-state index contributed by atoms with van der Waals surface area (Å²) in [5.74, 6) is -0.225. The van der Waals surface area contributed by atoms with E-state index in [0.29, 0.717) is 18.7 Å². The summed E-state index contributed by atoms with van der Waals surface area (Å²) in [5.41, 5.74) is 2.83. The molecule has 0 aromatic heterocycles. The van der Waals surface area contributed by atoms with Gasteiger partial charge in [0.05, 0.1) is 10.9 Å². The number of amides is 1. The number of aryl methyl sites for hydroxylation is 1. The van der Waals surface area contributed by atoms with Crippen LogP contribution < -0.4 is 5.32 Å². The zero-order valence-corrected chi connectivity index (χ0v) is 16.7. The van der Waals surface area contributed by atoms with E-state index in [1.807, 2.05) is 12.1 Å². The van der Waals surface area contributed by atoms with Gasteiger partial charge < -0.3 is 5.32 Å². The first kappa shape index (κ1) is 19.2. The van der Waals surface area contributed by atoms with Crippen LogP contribution in [0.25, 0.3) is 0 Å². The van der Waals surface area contributed by atoms with Crippen molar-refractivity contribution in [3.05, 3.63) is 65.2 Å². The van der Waals surface area contributed by atoms with Gasteiger partial charge >= 0.3 is 0 Å². The van der Waals surface area contributed by atoms with Crippen molar-refractivity contribution in [2.45, 2.75) is 49.5 Å². The highest BCUT2D eigenvalue weighted by Crippen LogP contribution is 2.30. The van der Waals surface area contributed by atoms with Crippen molar-refractivity contribution in [1.82, 2.24) is 9.62 Å². The van der Waals surface area contributed by atoms with Crippen molar-refractivity contribution in [3.63, 3.8) is 0 Å². The fourth-order valence-corrected chi connectivity index (χ4v) is 5.76. The largest absolute Gasteiger partial charge is 0.345 e. The summed E-state index contributed by atoms with van der Waals surface area (Å²) in [7, 11) is -3.55. The van der Waals surface area contributed by atoms with Gasteiger partial charge in [-0.2, -0.15) is 4.31 Å². The Morgan fingerprint density at radius 2 is 1.75 bits per heavy atom. The second-order valence-corrected chi connectivity index (χ2v) is 9.55. The van der Waals surface area contributed by atoms with Crippen LogP contribution in [0.5, 0.6) is 0 Å². The van der Waals surface area contributed by atoms with E-state index in [2.05, 4.69) is 17.4 Å². The van der Waals surface area contributed by atoms with Crippen molar-refractivity contribution >= 4 is 15.9 Å². The van der Waals surface area contributed by atoms with E-state index in [1.54, 1.807) is 18.2 Å².